The first-order valence-corrected chi connectivity index (χ1v) is 7.99. The van der Waals surface area contributed by atoms with Gasteiger partial charge in [0, 0.05) is 17.1 Å². The van der Waals surface area contributed by atoms with Gasteiger partial charge in [0.25, 0.3) is 0 Å². The van der Waals surface area contributed by atoms with E-state index in [0.29, 0.717) is 12.8 Å². The Morgan fingerprint density at radius 1 is 1.23 bits per heavy atom. The minimum atomic E-state index is -0.479. The van der Waals surface area contributed by atoms with E-state index in [-0.39, 0.29) is 11.8 Å². The van der Waals surface area contributed by atoms with Crippen LogP contribution in [-0.2, 0) is 16.1 Å². The number of hydrogen-bond donors (Lipinski definition) is 0. The second kappa shape index (κ2) is 6.15. The number of rotatable bonds is 4. The molecule has 0 N–H and O–H groups in total. The number of hydrogen-bond acceptors (Lipinski definition) is 3. The van der Waals surface area contributed by atoms with Crippen molar-refractivity contribution in [2.24, 2.45) is 0 Å². The van der Waals surface area contributed by atoms with E-state index in [1.807, 2.05) is 48.5 Å². The van der Waals surface area contributed by atoms with Gasteiger partial charge in [-0.15, -0.1) is 0 Å². The largest absolute Gasteiger partial charge is 0.295 e. The van der Waals surface area contributed by atoms with Gasteiger partial charge in [-0.1, -0.05) is 52.3 Å². The van der Waals surface area contributed by atoms with Crippen LogP contribution in [0.2, 0.25) is 0 Å². The maximum absolute atomic E-state index is 12.2. The molecule has 0 aromatic heterocycles. The normalized spacial score (nSPS) is 18.7. The Labute approximate surface area is 138 Å². The third-order valence-corrected chi connectivity index (χ3v) is 4.80. The van der Waals surface area contributed by atoms with Crippen molar-refractivity contribution in [2.75, 3.05) is 0 Å². The van der Waals surface area contributed by atoms with Crippen molar-refractivity contribution in [2.45, 2.75) is 25.6 Å². The molecule has 0 radical (unpaired) electrons. The molecular weight excluding hydrogens is 342 g/mol. The highest BCUT2D eigenvalue weighted by atomic mass is 79.9. The van der Waals surface area contributed by atoms with Crippen molar-refractivity contribution in [3.8, 4) is 0 Å². The standard InChI is InChI=1S/C18H16BrNO2/c1-12(13-6-8-15(19)9-7-13)20-10-14-4-2-3-5-16(14)18(20)17(22)11-21/h2-9,11-12,18H,10H2,1H3/t12-,18?/m0/s1. The fraction of sp³-hybridized carbons (Fsp3) is 0.222. The lowest BCUT2D eigenvalue weighted by Crippen LogP contribution is -2.31. The van der Waals surface area contributed by atoms with Gasteiger partial charge in [0.05, 0.1) is 0 Å². The topological polar surface area (TPSA) is 37.4 Å². The van der Waals surface area contributed by atoms with Crippen LogP contribution in [0.4, 0.5) is 0 Å². The third kappa shape index (κ3) is 2.64. The number of halogens is 1. The number of aldehydes is 1. The molecule has 112 valence electrons. The Morgan fingerprint density at radius 2 is 1.91 bits per heavy atom. The van der Waals surface area contributed by atoms with E-state index >= 15 is 0 Å². The molecule has 22 heavy (non-hydrogen) atoms. The highest BCUT2D eigenvalue weighted by Crippen LogP contribution is 2.40. The second-order valence-corrected chi connectivity index (χ2v) is 6.44. The highest BCUT2D eigenvalue weighted by Gasteiger charge is 2.37. The smallest absolute Gasteiger partial charge is 0.216 e. The molecule has 1 aliphatic rings. The summed E-state index contributed by atoms with van der Waals surface area (Å²) in [5.41, 5.74) is 3.19. The lowest BCUT2D eigenvalue weighted by atomic mass is 10.0. The molecule has 4 heteroatoms. The first kappa shape index (κ1) is 15.1. The predicted octanol–water partition coefficient (Wildman–Crippen LogP) is 3.84. The summed E-state index contributed by atoms with van der Waals surface area (Å²) in [6, 6.07) is 15.5. The van der Waals surface area contributed by atoms with E-state index in [0.717, 1.165) is 21.2 Å². The molecule has 0 spiro atoms. The van der Waals surface area contributed by atoms with E-state index in [2.05, 4.69) is 27.8 Å². The monoisotopic (exact) mass is 357 g/mol. The molecule has 0 fully saturated rings. The first-order chi connectivity index (χ1) is 10.6. The molecule has 3 nitrogen and oxygen atoms in total. The average molecular weight is 358 g/mol. The molecule has 2 aromatic carbocycles. The molecule has 1 aliphatic heterocycles. The fourth-order valence-electron chi connectivity index (χ4n) is 3.09. The Balaban J connectivity index is 1.97. The van der Waals surface area contributed by atoms with Crippen molar-refractivity contribution >= 4 is 28.0 Å². The summed E-state index contributed by atoms with van der Waals surface area (Å²) in [4.78, 5) is 25.3. The van der Waals surface area contributed by atoms with Gasteiger partial charge in [-0.25, -0.2) is 0 Å². The Bertz CT molecular complexity index is 711. The van der Waals surface area contributed by atoms with E-state index in [9.17, 15) is 9.59 Å². The van der Waals surface area contributed by atoms with Crippen LogP contribution in [0.1, 0.15) is 35.7 Å². The molecule has 0 amide bonds. The van der Waals surface area contributed by atoms with Crippen LogP contribution in [-0.4, -0.2) is 17.0 Å². The molecule has 1 unspecified atom stereocenters. The average Bonchev–Trinajstić information content (AvgIpc) is 2.93. The number of nitrogens with zero attached hydrogens (tertiary/aromatic N) is 1. The minimum Gasteiger partial charge on any atom is -0.295 e. The van der Waals surface area contributed by atoms with Crippen LogP contribution in [0, 0.1) is 0 Å². The molecule has 1 heterocycles. The zero-order valence-electron chi connectivity index (χ0n) is 12.2. The maximum Gasteiger partial charge on any atom is 0.216 e. The van der Waals surface area contributed by atoms with Gasteiger partial charge in [0.2, 0.25) is 5.78 Å². The number of ketones is 1. The van der Waals surface area contributed by atoms with Gasteiger partial charge in [0.15, 0.2) is 6.29 Å². The minimum absolute atomic E-state index is 0.0504. The molecular formula is C18H16BrNO2. The Morgan fingerprint density at radius 3 is 2.59 bits per heavy atom. The lowest BCUT2D eigenvalue weighted by molar-refractivity contribution is -0.134. The summed E-state index contributed by atoms with van der Waals surface area (Å²) >= 11 is 3.43. The first-order valence-electron chi connectivity index (χ1n) is 7.20. The van der Waals surface area contributed by atoms with Crippen LogP contribution in [0.3, 0.4) is 0 Å². The van der Waals surface area contributed by atoms with Crippen LogP contribution in [0.25, 0.3) is 0 Å². The lowest BCUT2D eigenvalue weighted by Gasteiger charge is -2.29. The van der Waals surface area contributed by atoms with Crippen molar-refractivity contribution in [1.82, 2.24) is 4.90 Å². The summed E-state index contributed by atoms with van der Waals surface area (Å²) < 4.78 is 1.02. The second-order valence-electron chi connectivity index (χ2n) is 5.52. The zero-order chi connectivity index (χ0) is 15.7. The molecule has 0 saturated heterocycles. The molecule has 0 aliphatic carbocycles. The van der Waals surface area contributed by atoms with Gasteiger partial charge >= 0.3 is 0 Å². The van der Waals surface area contributed by atoms with Crippen LogP contribution < -0.4 is 0 Å². The zero-order valence-corrected chi connectivity index (χ0v) is 13.8. The van der Waals surface area contributed by atoms with Crippen molar-refractivity contribution in [3.05, 3.63) is 69.7 Å². The van der Waals surface area contributed by atoms with E-state index in [4.69, 9.17) is 0 Å². The number of carbonyl (C=O) groups is 2. The van der Waals surface area contributed by atoms with Crippen molar-refractivity contribution in [1.29, 1.82) is 0 Å². The van der Waals surface area contributed by atoms with Crippen molar-refractivity contribution < 1.29 is 9.59 Å². The summed E-state index contributed by atoms with van der Waals surface area (Å²) in [7, 11) is 0. The molecule has 0 bridgehead atoms. The maximum atomic E-state index is 12.2. The fourth-order valence-corrected chi connectivity index (χ4v) is 3.35. The van der Waals surface area contributed by atoms with Gasteiger partial charge in [-0.2, -0.15) is 0 Å². The van der Waals surface area contributed by atoms with E-state index in [1.165, 1.54) is 0 Å². The number of fused-ring (bicyclic) bond motifs is 1. The van der Waals surface area contributed by atoms with Crippen molar-refractivity contribution in [3.63, 3.8) is 0 Å². The Hall–Kier alpha value is -1.78. The molecule has 0 saturated carbocycles. The number of benzene rings is 2. The van der Waals surface area contributed by atoms with Crippen LogP contribution in [0.15, 0.2) is 53.0 Å². The number of Topliss-reactive ketones (excluding diaryl/α,β-unsaturated/α-hetero) is 1. The summed E-state index contributed by atoms with van der Waals surface area (Å²) in [6.07, 6.45) is 0.439. The highest BCUT2D eigenvalue weighted by molar-refractivity contribution is 9.10. The van der Waals surface area contributed by atoms with Gasteiger partial charge in [-0.05, 0) is 35.7 Å². The molecule has 2 atom stereocenters. The van der Waals surface area contributed by atoms with Gasteiger partial charge in [-0.3, -0.25) is 14.5 Å². The van der Waals surface area contributed by atoms with Gasteiger partial charge < -0.3 is 0 Å². The quantitative estimate of drug-likeness (QED) is 0.616. The summed E-state index contributed by atoms with van der Waals surface area (Å²) in [6.45, 7) is 2.75. The van der Waals surface area contributed by atoms with Crippen LogP contribution >= 0.6 is 15.9 Å². The predicted molar refractivity (Wildman–Crippen MR) is 88.4 cm³/mol. The van der Waals surface area contributed by atoms with E-state index in [1.54, 1.807) is 0 Å². The molecule has 2 aromatic rings. The van der Waals surface area contributed by atoms with Crippen LogP contribution in [0.5, 0.6) is 0 Å². The SMILES string of the molecule is C[C@@H](c1ccc(Br)cc1)N1Cc2ccccc2C1C(=O)C=O. The molecule has 3 rings (SSSR count). The third-order valence-electron chi connectivity index (χ3n) is 4.27. The summed E-state index contributed by atoms with van der Waals surface area (Å²) in [5.74, 6) is -0.381. The van der Waals surface area contributed by atoms with Gasteiger partial charge in [0.1, 0.15) is 6.04 Å². The summed E-state index contributed by atoms with van der Waals surface area (Å²) in [5, 5.41) is 0. The number of carbonyl (C=O) groups excluding carboxylic acids is 2. The van der Waals surface area contributed by atoms with E-state index < -0.39 is 6.04 Å². The Kier molecular flexibility index (Phi) is 4.23.